The van der Waals surface area contributed by atoms with Crippen molar-refractivity contribution in [2.75, 3.05) is 26.9 Å². The molecule has 0 amide bonds. The molecule has 7 rings (SSSR count). The number of aliphatic carboxylic acids is 1. The number of nitrogens with one attached hydrogen (secondary N) is 1. The van der Waals surface area contributed by atoms with E-state index < -0.39 is 23.1 Å². The molecule has 3 saturated carbocycles. The molecule has 3 heterocycles. The number of hydrogen-bond acceptors (Lipinski definition) is 7. The molecule has 4 fully saturated rings. The molecule has 2 bridgehead atoms. The second-order valence-corrected chi connectivity index (χ2v) is 21.1. The van der Waals surface area contributed by atoms with Crippen molar-refractivity contribution in [3.63, 3.8) is 0 Å². The number of halogens is 1. The van der Waals surface area contributed by atoms with Crippen LogP contribution in [0.25, 0.3) is 11.4 Å². The lowest BCUT2D eigenvalue weighted by Gasteiger charge is -2.71. The van der Waals surface area contributed by atoms with Gasteiger partial charge in [-0.2, -0.15) is 5.10 Å². The number of carboxylic acids is 1. The third-order valence-corrected chi connectivity index (χ3v) is 17.7. The number of aromatic nitrogens is 4. The van der Waals surface area contributed by atoms with Crippen molar-refractivity contribution in [1.82, 2.24) is 25.1 Å². The van der Waals surface area contributed by atoms with Gasteiger partial charge in [0, 0.05) is 22.6 Å². The molecule has 55 heavy (non-hydrogen) atoms. The Morgan fingerprint density at radius 2 is 1.84 bits per heavy atom. The zero-order chi connectivity index (χ0) is 40.1. The quantitative estimate of drug-likeness (QED) is 0.244. The first-order valence-corrected chi connectivity index (χ1v) is 21.0. The summed E-state index contributed by atoms with van der Waals surface area (Å²) in [4.78, 5) is 22.3. The average molecular weight is 762 g/mol. The molecule has 10 heteroatoms. The predicted molar refractivity (Wildman–Crippen MR) is 212 cm³/mol. The maximum atomic E-state index is 15.5. The van der Waals surface area contributed by atoms with Gasteiger partial charge < -0.3 is 19.9 Å². The summed E-state index contributed by atoms with van der Waals surface area (Å²) in [6, 6.07) is 1.42. The number of pyridine rings is 1. The molecule has 9 nitrogen and oxygen atoms in total. The molecule has 5 aliphatic rings. The Labute approximate surface area is 329 Å². The monoisotopic (exact) mass is 762 g/mol. The van der Waals surface area contributed by atoms with E-state index in [9.17, 15) is 9.90 Å². The van der Waals surface area contributed by atoms with E-state index >= 15 is 4.39 Å². The molecular weight excluding hydrogens is 694 g/mol. The summed E-state index contributed by atoms with van der Waals surface area (Å²) in [5.74, 6) is 0.133. The highest BCUT2D eigenvalue weighted by atomic mass is 19.1. The van der Waals surface area contributed by atoms with Crippen LogP contribution in [-0.4, -0.2) is 69.3 Å². The summed E-state index contributed by atoms with van der Waals surface area (Å²) in [5.41, 5.74) is -0.213. The van der Waals surface area contributed by atoms with Gasteiger partial charge in [-0.15, -0.1) is 0 Å². The molecule has 1 aliphatic heterocycles. The van der Waals surface area contributed by atoms with Crippen LogP contribution >= 0.6 is 0 Å². The van der Waals surface area contributed by atoms with E-state index in [1.54, 1.807) is 12.3 Å². The smallest absolute Gasteiger partial charge is 0.307 e. The Bertz CT molecular complexity index is 1820. The van der Waals surface area contributed by atoms with Crippen LogP contribution in [-0.2, 0) is 14.3 Å². The van der Waals surface area contributed by atoms with Crippen molar-refractivity contribution in [3.05, 3.63) is 42.3 Å². The lowest BCUT2D eigenvalue weighted by atomic mass is 9.34. The van der Waals surface area contributed by atoms with E-state index in [2.05, 4.69) is 97.5 Å². The minimum absolute atomic E-state index is 0.0951. The van der Waals surface area contributed by atoms with Gasteiger partial charge in [0.2, 0.25) is 0 Å². The SMILES string of the molecule is CN[C@@](C)(CO[C@H]1[C@H](n2ncnc2-c2ccncc2F)CC23COC[C@@]1(C)[C@@H]2CC[C@H]1C3=CC[C@@]2(C)[C@H](C(=O)O)[C@@](C)([C@H](C)C(C)C)CC[C@]12C)C(C)(C)C. The summed E-state index contributed by atoms with van der Waals surface area (Å²) < 4.78 is 31.5. The average Bonchev–Trinajstić information content (AvgIpc) is 3.60. The second-order valence-electron chi connectivity index (χ2n) is 21.1. The van der Waals surface area contributed by atoms with Gasteiger partial charge in [0.15, 0.2) is 11.6 Å². The van der Waals surface area contributed by atoms with Gasteiger partial charge in [0.05, 0.1) is 49.6 Å². The van der Waals surface area contributed by atoms with Crippen LogP contribution in [0.1, 0.15) is 121 Å². The second kappa shape index (κ2) is 13.4. The summed E-state index contributed by atoms with van der Waals surface area (Å²) in [6.45, 7) is 26.7. The van der Waals surface area contributed by atoms with Crippen LogP contribution in [0.2, 0.25) is 0 Å². The first-order chi connectivity index (χ1) is 25.6. The van der Waals surface area contributed by atoms with Crippen LogP contribution in [0.3, 0.4) is 0 Å². The van der Waals surface area contributed by atoms with Gasteiger partial charge >= 0.3 is 5.97 Å². The number of likely N-dealkylation sites (N-methyl/N-ethyl adjacent to an activating group) is 1. The van der Waals surface area contributed by atoms with Crippen LogP contribution in [0.4, 0.5) is 4.39 Å². The molecule has 1 saturated heterocycles. The molecule has 0 radical (unpaired) electrons. The highest BCUT2D eigenvalue weighted by Gasteiger charge is 2.72. The summed E-state index contributed by atoms with van der Waals surface area (Å²) in [7, 11) is 2.00. The Kier molecular flexibility index (Phi) is 9.90. The number of allylic oxidation sites excluding steroid dienone is 1. The van der Waals surface area contributed by atoms with E-state index in [-0.39, 0.29) is 62.5 Å². The molecule has 1 unspecified atom stereocenters. The molecular formula is C45H68FN5O4. The number of ether oxygens (including phenoxy) is 2. The summed E-state index contributed by atoms with van der Waals surface area (Å²) in [6.07, 6.45) is 11.9. The van der Waals surface area contributed by atoms with Crippen LogP contribution in [0.5, 0.6) is 0 Å². The lowest BCUT2D eigenvalue weighted by molar-refractivity contribution is -0.253. The zero-order valence-corrected chi connectivity index (χ0v) is 35.6. The van der Waals surface area contributed by atoms with Gasteiger partial charge in [0.25, 0.3) is 0 Å². The van der Waals surface area contributed by atoms with Crippen LogP contribution in [0, 0.1) is 67.9 Å². The zero-order valence-electron chi connectivity index (χ0n) is 35.6. The highest BCUT2D eigenvalue weighted by Crippen LogP contribution is 2.75. The van der Waals surface area contributed by atoms with Crippen molar-refractivity contribution in [2.24, 2.45) is 62.1 Å². The Morgan fingerprint density at radius 1 is 1.11 bits per heavy atom. The molecule has 2 aromatic heterocycles. The van der Waals surface area contributed by atoms with Crippen molar-refractivity contribution in [3.8, 4) is 11.4 Å². The lowest BCUT2D eigenvalue weighted by Crippen LogP contribution is -2.69. The number of hydrogen-bond donors (Lipinski definition) is 2. The van der Waals surface area contributed by atoms with E-state index in [1.807, 2.05) is 11.7 Å². The fourth-order valence-electron chi connectivity index (χ4n) is 13.3. The van der Waals surface area contributed by atoms with E-state index in [0.29, 0.717) is 43.5 Å². The molecule has 12 atom stereocenters. The van der Waals surface area contributed by atoms with Crippen molar-refractivity contribution in [2.45, 2.75) is 132 Å². The maximum Gasteiger partial charge on any atom is 0.307 e. The van der Waals surface area contributed by atoms with E-state index in [0.717, 1.165) is 32.1 Å². The normalized spacial score (nSPS) is 40.3. The maximum absolute atomic E-state index is 15.5. The number of fused-ring (bicyclic) bond motifs is 3. The van der Waals surface area contributed by atoms with Gasteiger partial charge in [-0.3, -0.25) is 9.78 Å². The van der Waals surface area contributed by atoms with Crippen LogP contribution < -0.4 is 5.32 Å². The molecule has 0 spiro atoms. The highest BCUT2D eigenvalue weighted by molar-refractivity contribution is 5.73. The third-order valence-electron chi connectivity index (χ3n) is 17.7. The Morgan fingerprint density at radius 3 is 2.47 bits per heavy atom. The Hall–Kier alpha value is -2.69. The predicted octanol–water partition coefficient (Wildman–Crippen LogP) is 9.02. The first-order valence-electron chi connectivity index (χ1n) is 21.0. The standard InChI is InChI=1S/C45H68FN5O4/c1-27(2)28(3)40(7)18-19-42(9)30-13-14-34-41(8)23-54-25-45(34,31(30)15-17-43(42,10)35(40)38(52)53)21-33(36(41)55-24-44(11,47-12)39(4,5)6)51-37(49-26-50-51)29-16-20-48-22-32(29)46/h15-16,20,22,26-28,30,33-36,47H,13-14,17-19,21,23-25H2,1-12H3,(H,52,53)/t28-,30+,33-,34+,35-,36+,40-,41+,42-,43+,44+,45?/m1/s1. The first kappa shape index (κ1) is 40.5. The topological polar surface area (TPSA) is 111 Å². The van der Waals surface area contributed by atoms with Crippen LogP contribution in [0.15, 0.2) is 36.4 Å². The Balaban J connectivity index is 1.36. The molecule has 304 valence electrons. The number of carboxylic acid groups (broad SMARTS) is 1. The van der Waals surface area contributed by atoms with Gasteiger partial charge in [-0.05, 0) is 104 Å². The summed E-state index contributed by atoms with van der Waals surface area (Å²) in [5, 5.41) is 19.6. The molecule has 2 N–H and O–H groups in total. The minimum atomic E-state index is -0.649. The molecule has 0 aromatic carbocycles. The van der Waals surface area contributed by atoms with Gasteiger partial charge in [-0.1, -0.05) is 80.9 Å². The van der Waals surface area contributed by atoms with Crippen molar-refractivity contribution < 1.29 is 23.8 Å². The molecule has 4 aliphatic carbocycles. The van der Waals surface area contributed by atoms with E-state index in [1.165, 1.54) is 18.1 Å². The van der Waals surface area contributed by atoms with E-state index in [4.69, 9.17) is 14.6 Å². The summed E-state index contributed by atoms with van der Waals surface area (Å²) >= 11 is 0. The third kappa shape index (κ3) is 5.67. The fourth-order valence-corrected chi connectivity index (χ4v) is 13.3. The molecule has 2 aromatic rings. The number of carbonyl (C=O) groups is 1. The fraction of sp³-hybridized carbons (Fsp3) is 0.778. The number of rotatable bonds is 9. The van der Waals surface area contributed by atoms with Crippen molar-refractivity contribution in [1.29, 1.82) is 0 Å². The van der Waals surface area contributed by atoms with Gasteiger partial charge in [0.1, 0.15) is 6.33 Å². The van der Waals surface area contributed by atoms with Gasteiger partial charge in [-0.25, -0.2) is 14.1 Å². The number of nitrogens with zero attached hydrogens (tertiary/aromatic N) is 4. The largest absolute Gasteiger partial charge is 0.481 e. The van der Waals surface area contributed by atoms with Crippen molar-refractivity contribution >= 4 is 5.97 Å². The minimum Gasteiger partial charge on any atom is -0.481 e.